The van der Waals surface area contributed by atoms with E-state index in [0.717, 1.165) is 25.7 Å². The summed E-state index contributed by atoms with van der Waals surface area (Å²) in [6.45, 7) is 1.39. The second-order valence-corrected chi connectivity index (χ2v) is 3.46. The van der Waals surface area contributed by atoms with Crippen LogP contribution in [-0.4, -0.2) is 30.8 Å². The minimum absolute atomic E-state index is 0.0502. The topological polar surface area (TPSA) is 84.6 Å². The van der Waals surface area contributed by atoms with Gasteiger partial charge in [-0.2, -0.15) is 0 Å². The Kier molecular flexibility index (Phi) is 10.9. The summed E-state index contributed by atoms with van der Waals surface area (Å²) in [4.78, 5) is 15.5. The number of aliphatic hydroxyl groups is 1. The SMILES string of the molecule is NOCCCC(=O)NCCCCCCO. The summed E-state index contributed by atoms with van der Waals surface area (Å²) in [5.41, 5.74) is 0. The average molecular weight is 218 g/mol. The molecule has 0 unspecified atom stereocenters. The van der Waals surface area contributed by atoms with Crippen LogP contribution in [0.5, 0.6) is 0 Å². The molecule has 0 aromatic carbocycles. The van der Waals surface area contributed by atoms with E-state index in [1.807, 2.05) is 0 Å². The normalized spacial score (nSPS) is 10.3. The van der Waals surface area contributed by atoms with Gasteiger partial charge in [0, 0.05) is 19.6 Å². The highest BCUT2D eigenvalue weighted by Crippen LogP contribution is 1.97. The van der Waals surface area contributed by atoms with Crippen molar-refractivity contribution in [1.82, 2.24) is 5.32 Å². The van der Waals surface area contributed by atoms with Gasteiger partial charge < -0.3 is 15.3 Å². The van der Waals surface area contributed by atoms with Gasteiger partial charge in [-0.05, 0) is 19.3 Å². The Labute approximate surface area is 90.9 Å². The maximum absolute atomic E-state index is 11.2. The van der Waals surface area contributed by atoms with Crippen molar-refractivity contribution in [3.63, 3.8) is 0 Å². The highest BCUT2D eigenvalue weighted by molar-refractivity contribution is 5.75. The minimum Gasteiger partial charge on any atom is -0.396 e. The fourth-order valence-corrected chi connectivity index (χ4v) is 1.22. The maximum Gasteiger partial charge on any atom is 0.220 e. The van der Waals surface area contributed by atoms with Gasteiger partial charge in [0.05, 0.1) is 6.61 Å². The van der Waals surface area contributed by atoms with E-state index < -0.39 is 0 Å². The van der Waals surface area contributed by atoms with Crippen LogP contribution in [0.15, 0.2) is 0 Å². The molecule has 5 nitrogen and oxygen atoms in total. The van der Waals surface area contributed by atoms with Gasteiger partial charge in [-0.25, -0.2) is 5.90 Å². The monoisotopic (exact) mass is 218 g/mol. The first kappa shape index (κ1) is 14.3. The first-order valence-corrected chi connectivity index (χ1v) is 5.50. The number of carbonyl (C=O) groups excluding carboxylic acids is 1. The molecule has 0 aliphatic heterocycles. The van der Waals surface area contributed by atoms with E-state index in [4.69, 9.17) is 11.0 Å². The molecule has 4 N–H and O–H groups in total. The summed E-state index contributed by atoms with van der Waals surface area (Å²) in [7, 11) is 0. The van der Waals surface area contributed by atoms with Crippen molar-refractivity contribution in [2.24, 2.45) is 5.90 Å². The number of aliphatic hydroxyl groups excluding tert-OH is 1. The molecule has 1 amide bonds. The summed E-state index contributed by atoms with van der Waals surface area (Å²) in [6, 6.07) is 0. The molecular formula is C10H22N2O3. The Bertz CT molecular complexity index is 154. The van der Waals surface area contributed by atoms with Crippen molar-refractivity contribution in [2.45, 2.75) is 38.5 Å². The Balaban J connectivity index is 3.10. The summed E-state index contributed by atoms with van der Waals surface area (Å²) in [6.07, 6.45) is 5.02. The van der Waals surface area contributed by atoms with Crippen LogP contribution < -0.4 is 11.2 Å². The quantitative estimate of drug-likeness (QED) is 0.364. The van der Waals surface area contributed by atoms with Crippen molar-refractivity contribution in [3.8, 4) is 0 Å². The van der Waals surface area contributed by atoms with Gasteiger partial charge in [-0.1, -0.05) is 12.8 Å². The predicted octanol–water partition coefficient (Wildman–Crippen LogP) is 0.326. The van der Waals surface area contributed by atoms with E-state index in [2.05, 4.69) is 10.2 Å². The van der Waals surface area contributed by atoms with Gasteiger partial charge >= 0.3 is 0 Å². The Hall–Kier alpha value is -0.650. The van der Waals surface area contributed by atoms with Gasteiger partial charge in [-0.3, -0.25) is 4.79 Å². The molecule has 0 aromatic rings. The number of unbranched alkanes of at least 4 members (excludes halogenated alkanes) is 3. The second-order valence-electron chi connectivity index (χ2n) is 3.46. The molecule has 0 radical (unpaired) electrons. The number of nitrogens with two attached hydrogens (primary N) is 1. The molecular weight excluding hydrogens is 196 g/mol. The summed E-state index contributed by atoms with van der Waals surface area (Å²) in [5, 5.41) is 11.4. The van der Waals surface area contributed by atoms with Gasteiger partial charge in [0.25, 0.3) is 0 Å². The third-order valence-corrected chi connectivity index (χ3v) is 2.07. The lowest BCUT2D eigenvalue weighted by atomic mass is 10.2. The molecule has 90 valence electrons. The lowest BCUT2D eigenvalue weighted by Gasteiger charge is -2.04. The molecule has 0 saturated heterocycles. The average Bonchev–Trinajstić information content (AvgIpc) is 2.23. The molecule has 0 spiro atoms. The van der Waals surface area contributed by atoms with Gasteiger partial charge in [0.1, 0.15) is 0 Å². The molecule has 0 aromatic heterocycles. The third kappa shape index (κ3) is 11.3. The molecule has 0 rings (SSSR count). The predicted molar refractivity (Wildman–Crippen MR) is 57.9 cm³/mol. The van der Waals surface area contributed by atoms with Crippen LogP contribution in [-0.2, 0) is 9.63 Å². The zero-order valence-electron chi connectivity index (χ0n) is 9.21. The smallest absolute Gasteiger partial charge is 0.220 e. The van der Waals surface area contributed by atoms with Crippen molar-refractivity contribution in [1.29, 1.82) is 0 Å². The van der Waals surface area contributed by atoms with Gasteiger partial charge in [-0.15, -0.1) is 0 Å². The van der Waals surface area contributed by atoms with Crippen LogP contribution in [0.25, 0.3) is 0 Å². The largest absolute Gasteiger partial charge is 0.396 e. The van der Waals surface area contributed by atoms with E-state index in [1.54, 1.807) is 0 Å². The molecule has 5 heteroatoms. The molecule has 0 atom stereocenters. The molecule has 0 heterocycles. The zero-order valence-corrected chi connectivity index (χ0v) is 9.21. The molecule has 0 bridgehead atoms. The number of hydrogen-bond donors (Lipinski definition) is 3. The van der Waals surface area contributed by atoms with E-state index in [9.17, 15) is 4.79 Å². The minimum atomic E-state index is 0.0502. The highest BCUT2D eigenvalue weighted by Gasteiger charge is 1.99. The number of nitrogens with one attached hydrogen (secondary N) is 1. The first-order chi connectivity index (χ1) is 7.31. The van der Waals surface area contributed by atoms with E-state index in [1.165, 1.54) is 0 Å². The van der Waals surface area contributed by atoms with Crippen molar-refractivity contribution < 1.29 is 14.7 Å². The van der Waals surface area contributed by atoms with Crippen molar-refractivity contribution in [3.05, 3.63) is 0 Å². The van der Waals surface area contributed by atoms with Crippen LogP contribution in [0.2, 0.25) is 0 Å². The third-order valence-electron chi connectivity index (χ3n) is 2.07. The summed E-state index contributed by atoms with van der Waals surface area (Å²) in [5.74, 6) is 4.88. The number of carbonyl (C=O) groups is 1. The molecule has 0 aliphatic rings. The fourth-order valence-electron chi connectivity index (χ4n) is 1.22. The molecule has 0 fully saturated rings. The standard InChI is InChI=1S/C10H22N2O3/c11-15-9-5-6-10(14)12-7-3-1-2-4-8-13/h13H,1-9,11H2,(H,12,14). The van der Waals surface area contributed by atoms with Crippen molar-refractivity contribution in [2.75, 3.05) is 19.8 Å². The number of amides is 1. The van der Waals surface area contributed by atoms with Crippen LogP contribution in [0.4, 0.5) is 0 Å². The lowest BCUT2D eigenvalue weighted by molar-refractivity contribution is -0.121. The Morgan fingerprint density at radius 3 is 2.60 bits per heavy atom. The lowest BCUT2D eigenvalue weighted by Crippen LogP contribution is -2.24. The fraction of sp³-hybridized carbons (Fsp3) is 0.900. The Morgan fingerprint density at radius 1 is 1.20 bits per heavy atom. The zero-order chi connectivity index (χ0) is 11.4. The highest BCUT2D eigenvalue weighted by atomic mass is 16.6. The van der Waals surface area contributed by atoms with Crippen molar-refractivity contribution >= 4 is 5.91 Å². The number of hydrogen-bond acceptors (Lipinski definition) is 4. The van der Waals surface area contributed by atoms with Crippen LogP contribution in [0, 0.1) is 0 Å². The Morgan fingerprint density at radius 2 is 1.93 bits per heavy atom. The van der Waals surface area contributed by atoms with Gasteiger partial charge in [0.15, 0.2) is 0 Å². The van der Waals surface area contributed by atoms with E-state index in [-0.39, 0.29) is 12.5 Å². The van der Waals surface area contributed by atoms with Gasteiger partial charge in [0.2, 0.25) is 5.91 Å². The van der Waals surface area contributed by atoms with Crippen LogP contribution in [0.3, 0.4) is 0 Å². The van der Waals surface area contributed by atoms with E-state index in [0.29, 0.717) is 26.0 Å². The van der Waals surface area contributed by atoms with E-state index >= 15 is 0 Å². The first-order valence-electron chi connectivity index (χ1n) is 5.50. The number of rotatable bonds is 10. The maximum atomic E-state index is 11.2. The van der Waals surface area contributed by atoms with Crippen LogP contribution in [0.1, 0.15) is 38.5 Å². The van der Waals surface area contributed by atoms with Crippen LogP contribution >= 0.6 is 0 Å². The molecule has 15 heavy (non-hydrogen) atoms. The molecule has 0 saturated carbocycles. The second kappa shape index (κ2) is 11.4. The summed E-state index contributed by atoms with van der Waals surface area (Å²) >= 11 is 0. The molecule has 0 aliphatic carbocycles. The summed E-state index contributed by atoms with van der Waals surface area (Å²) < 4.78 is 0.